The number of carbonyl (C=O) groups excluding carboxylic acids is 1. The number of ether oxygens (including phenoxy) is 3. The molecular formula is C18H17BrN2O9. The largest absolute Gasteiger partial charge is 0.493 e. The van der Waals surface area contributed by atoms with E-state index in [1.807, 2.05) is 4.98 Å². The topological polar surface area (TPSA) is 178 Å². The third-order valence-electron chi connectivity index (χ3n) is 3.85. The summed E-state index contributed by atoms with van der Waals surface area (Å²) in [4.78, 5) is 49.2. The monoisotopic (exact) mass is 484 g/mol. The Labute approximate surface area is 177 Å². The molecule has 0 radical (unpaired) electrons. The normalized spacial score (nSPS) is 10.4. The quantitative estimate of drug-likeness (QED) is 0.403. The molecule has 0 bridgehead atoms. The molecule has 0 saturated heterocycles. The van der Waals surface area contributed by atoms with E-state index >= 15 is 0 Å². The second kappa shape index (κ2) is 9.31. The van der Waals surface area contributed by atoms with E-state index in [2.05, 4.69) is 15.9 Å². The Bertz CT molecular complexity index is 1080. The lowest BCUT2D eigenvalue weighted by Gasteiger charge is -2.17. The highest BCUT2D eigenvalue weighted by molar-refractivity contribution is 9.10. The van der Waals surface area contributed by atoms with Gasteiger partial charge < -0.3 is 35.1 Å². The minimum atomic E-state index is -1.65. The number of esters is 1. The van der Waals surface area contributed by atoms with E-state index in [1.165, 1.54) is 19.2 Å². The van der Waals surface area contributed by atoms with E-state index in [9.17, 15) is 29.4 Å². The van der Waals surface area contributed by atoms with E-state index in [1.54, 1.807) is 6.92 Å². The van der Waals surface area contributed by atoms with Gasteiger partial charge in [-0.2, -0.15) is 0 Å². The van der Waals surface area contributed by atoms with Crippen molar-refractivity contribution in [2.45, 2.75) is 6.92 Å². The number of hydrogen-bond acceptors (Lipinski definition) is 8. The summed E-state index contributed by atoms with van der Waals surface area (Å²) in [6, 6.07) is 2.60. The van der Waals surface area contributed by atoms with Crippen LogP contribution in [0.15, 0.2) is 21.4 Å². The number of halogens is 1. The molecule has 0 atom stereocenters. The average Bonchev–Trinajstić information content (AvgIpc) is 2.65. The number of aromatic nitrogens is 1. The fraction of sp³-hybridized carbons (Fsp3) is 0.222. The summed E-state index contributed by atoms with van der Waals surface area (Å²) in [5.74, 6) is -4.20. The molecule has 5 N–H and O–H groups in total. The number of benzene rings is 1. The molecule has 1 aromatic carbocycles. The predicted octanol–water partition coefficient (Wildman–Crippen LogP) is 1.73. The Balaban J connectivity index is 2.73. The van der Waals surface area contributed by atoms with Crippen LogP contribution in [0.5, 0.6) is 11.5 Å². The number of hydrogen-bond donors (Lipinski definition) is 4. The number of aromatic amines is 1. The summed E-state index contributed by atoms with van der Waals surface area (Å²) < 4.78 is 15.5. The molecule has 0 aliphatic carbocycles. The molecule has 11 nitrogen and oxygen atoms in total. The maximum Gasteiger partial charge on any atom is 0.344 e. The van der Waals surface area contributed by atoms with Gasteiger partial charge in [0.1, 0.15) is 16.9 Å². The minimum absolute atomic E-state index is 0.00272. The summed E-state index contributed by atoms with van der Waals surface area (Å²) in [6.07, 6.45) is 0. The zero-order valence-electron chi connectivity index (χ0n) is 15.8. The van der Waals surface area contributed by atoms with Crippen molar-refractivity contribution >= 4 is 39.7 Å². The van der Waals surface area contributed by atoms with Crippen LogP contribution in [-0.4, -0.2) is 53.4 Å². The lowest BCUT2D eigenvalue weighted by molar-refractivity contribution is -0.145. The first kappa shape index (κ1) is 22.7. The van der Waals surface area contributed by atoms with Gasteiger partial charge in [-0.1, -0.05) is 15.9 Å². The lowest BCUT2D eigenvalue weighted by atomic mass is 9.95. The second-order valence-corrected chi connectivity index (χ2v) is 6.53. The van der Waals surface area contributed by atoms with Gasteiger partial charge in [0.05, 0.1) is 13.7 Å². The van der Waals surface area contributed by atoms with Crippen molar-refractivity contribution in [3.05, 3.63) is 38.1 Å². The Morgan fingerprint density at radius 3 is 2.30 bits per heavy atom. The number of anilines is 1. The molecule has 2 rings (SSSR count). The lowest BCUT2D eigenvalue weighted by Crippen LogP contribution is -2.24. The zero-order valence-corrected chi connectivity index (χ0v) is 17.4. The third kappa shape index (κ3) is 4.54. The highest BCUT2D eigenvalue weighted by Gasteiger charge is 2.28. The first-order valence-corrected chi connectivity index (χ1v) is 9.10. The van der Waals surface area contributed by atoms with Crippen LogP contribution in [0.4, 0.5) is 5.82 Å². The van der Waals surface area contributed by atoms with E-state index < -0.39 is 52.6 Å². The minimum Gasteiger partial charge on any atom is -0.493 e. The summed E-state index contributed by atoms with van der Waals surface area (Å²) in [5.41, 5.74) is 2.73. The third-order valence-corrected chi connectivity index (χ3v) is 4.50. The van der Waals surface area contributed by atoms with Crippen LogP contribution in [0.1, 0.15) is 27.6 Å². The number of nitrogen functional groups attached to an aromatic ring is 1. The fourth-order valence-electron chi connectivity index (χ4n) is 2.65. The molecular weight excluding hydrogens is 468 g/mol. The van der Waals surface area contributed by atoms with Gasteiger partial charge in [-0.15, -0.1) is 0 Å². The van der Waals surface area contributed by atoms with Crippen LogP contribution in [-0.2, 0) is 9.53 Å². The van der Waals surface area contributed by atoms with E-state index in [0.717, 1.165) is 0 Å². The molecule has 0 spiro atoms. The number of carbonyl (C=O) groups is 3. The number of pyridine rings is 1. The number of carboxylic acid groups (broad SMARTS) is 2. The van der Waals surface area contributed by atoms with E-state index in [-0.39, 0.29) is 28.1 Å². The molecule has 0 unspecified atom stereocenters. The first-order chi connectivity index (χ1) is 14.1. The van der Waals surface area contributed by atoms with Gasteiger partial charge in [0.25, 0.3) is 5.56 Å². The molecule has 0 amide bonds. The summed E-state index contributed by atoms with van der Waals surface area (Å²) in [6.45, 7) is 1.38. The molecule has 30 heavy (non-hydrogen) atoms. The zero-order chi connectivity index (χ0) is 22.6. The van der Waals surface area contributed by atoms with Gasteiger partial charge in [-0.3, -0.25) is 4.79 Å². The maximum absolute atomic E-state index is 12.2. The Morgan fingerprint density at radius 2 is 1.77 bits per heavy atom. The Morgan fingerprint density at radius 1 is 1.13 bits per heavy atom. The number of methoxy groups -OCH3 is 1. The number of aromatic carboxylic acids is 2. The number of nitrogens with two attached hydrogens (primary N) is 1. The van der Waals surface area contributed by atoms with E-state index in [4.69, 9.17) is 19.9 Å². The molecule has 2 aromatic rings. The number of H-pyrrole nitrogens is 1. The fourth-order valence-corrected chi connectivity index (χ4v) is 3.18. The molecule has 0 aliphatic rings. The Hall–Kier alpha value is -3.54. The summed E-state index contributed by atoms with van der Waals surface area (Å²) in [5, 5.41) is 19.1. The molecule has 0 fully saturated rings. The van der Waals surface area contributed by atoms with Gasteiger partial charge in [0.2, 0.25) is 0 Å². The highest BCUT2D eigenvalue weighted by Crippen LogP contribution is 2.41. The highest BCUT2D eigenvalue weighted by atomic mass is 79.9. The number of rotatable bonds is 8. The standard InChI is InChI=1S/C18H17BrN2O9/c1-3-29-11(22)6-30-10-5-8(19)7(4-9(10)28-2)12-13(17(24)25)15(20)21-16(23)14(12)18(26)27/h4-5H,3,6H2,1-2H3,(H,24,25)(H,26,27)(H3,20,21,23). The van der Waals surface area contributed by atoms with Crippen LogP contribution in [0.2, 0.25) is 0 Å². The van der Waals surface area contributed by atoms with Crippen LogP contribution in [0.25, 0.3) is 11.1 Å². The van der Waals surface area contributed by atoms with Crippen molar-refractivity contribution in [1.82, 2.24) is 4.98 Å². The van der Waals surface area contributed by atoms with Crippen molar-refractivity contribution in [1.29, 1.82) is 0 Å². The SMILES string of the molecule is CCOC(=O)COc1cc(Br)c(-c2c(C(=O)O)c(N)[nH]c(=O)c2C(=O)O)cc1OC. The van der Waals surface area contributed by atoms with Crippen molar-refractivity contribution in [2.75, 3.05) is 26.1 Å². The first-order valence-electron chi connectivity index (χ1n) is 8.30. The van der Waals surface area contributed by atoms with Gasteiger partial charge in [-0.25, -0.2) is 14.4 Å². The number of carboxylic acids is 2. The molecule has 12 heteroatoms. The smallest absolute Gasteiger partial charge is 0.344 e. The van der Waals surface area contributed by atoms with Crippen molar-refractivity contribution in [2.24, 2.45) is 0 Å². The van der Waals surface area contributed by atoms with Gasteiger partial charge >= 0.3 is 17.9 Å². The average molecular weight is 485 g/mol. The second-order valence-electron chi connectivity index (χ2n) is 5.68. The van der Waals surface area contributed by atoms with Crippen molar-refractivity contribution in [3.63, 3.8) is 0 Å². The Kier molecular flexibility index (Phi) is 7.06. The molecule has 0 aliphatic heterocycles. The van der Waals surface area contributed by atoms with Crippen molar-refractivity contribution in [3.8, 4) is 22.6 Å². The van der Waals surface area contributed by atoms with E-state index in [0.29, 0.717) is 0 Å². The van der Waals surface area contributed by atoms with Gasteiger partial charge in [-0.05, 0) is 19.1 Å². The predicted molar refractivity (Wildman–Crippen MR) is 107 cm³/mol. The van der Waals surface area contributed by atoms with Gasteiger partial charge in [0.15, 0.2) is 18.1 Å². The molecule has 1 aromatic heterocycles. The van der Waals surface area contributed by atoms with Crippen LogP contribution in [0, 0.1) is 0 Å². The van der Waals surface area contributed by atoms with Crippen LogP contribution in [0.3, 0.4) is 0 Å². The summed E-state index contributed by atoms with van der Waals surface area (Å²) in [7, 11) is 1.28. The number of nitrogens with one attached hydrogen (secondary N) is 1. The molecule has 1 heterocycles. The maximum atomic E-state index is 12.2. The van der Waals surface area contributed by atoms with Crippen molar-refractivity contribution < 1.29 is 38.8 Å². The summed E-state index contributed by atoms with van der Waals surface area (Å²) >= 11 is 3.21. The van der Waals surface area contributed by atoms with Crippen LogP contribution < -0.4 is 20.8 Å². The van der Waals surface area contributed by atoms with Gasteiger partial charge in [0, 0.05) is 15.6 Å². The molecule has 160 valence electrons. The van der Waals surface area contributed by atoms with Crippen LogP contribution >= 0.6 is 15.9 Å². The molecule has 0 saturated carbocycles.